The van der Waals surface area contributed by atoms with Crippen molar-refractivity contribution in [2.75, 3.05) is 13.7 Å². The number of aromatic nitrogens is 4. The first-order chi connectivity index (χ1) is 12.4. The van der Waals surface area contributed by atoms with Gasteiger partial charge in [-0.25, -0.2) is 0 Å². The van der Waals surface area contributed by atoms with Crippen LogP contribution in [0.1, 0.15) is 54.0 Å². The Balaban J connectivity index is 1.77. The van der Waals surface area contributed by atoms with Gasteiger partial charge in [-0.05, 0) is 32.8 Å². The first kappa shape index (κ1) is 19.7. The molecule has 0 radical (unpaired) electrons. The van der Waals surface area contributed by atoms with Crippen molar-refractivity contribution >= 4 is 11.9 Å². The summed E-state index contributed by atoms with van der Waals surface area (Å²) in [6.07, 6.45) is 4.04. The van der Waals surface area contributed by atoms with Gasteiger partial charge in [0.05, 0.1) is 18.5 Å². The smallest absolute Gasteiger partial charge is 0.305 e. The third-order valence-electron chi connectivity index (χ3n) is 4.41. The number of H-pyrrole nitrogens is 1. The van der Waals surface area contributed by atoms with Gasteiger partial charge in [-0.1, -0.05) is 12.8 Å². The van der Waals surface area contributed by atoms with Crippen LogP contribution in [0.25, 0.3) is 11.3 Å². The number of carbonyl (C=O) groups is 2. The highest BCUT2D eigenvalue weighted by Gasteiger charge is 2.16. The second kappa shape index (κ2) is 9.17. The number of carbonyl (C=O) groups excluding carboxylic acids is 2. The third-order valence-corrected chi connectivity index (χ3v) is 4.41. The minimum atomic E-state index is -0.174. The van der Waals surface area contributed by atoms with Crippen molar-refractivity contribution in [3.05, 3.63) is 23.1 Å². The maximum Gasteiger partial charge on any atom is 0.305 e. The van der Waals surface area contributed by atoms with E-state index in [2.05, 4.69) is 25.3 Å². The first-order valence-corrected chi connectivity index (χ1v) is 8.85. The lowest BCUT2D eigenvalue weighted by atomic mass is 10.1. The Morgan fingerprint density at radius 1 is 1.23 bits per heavy atom. The van der Waals surface area contributed by atoms with E-state index in [9.17, 15) is 9.59 Å². The molecule has 0 aromatic carbocycles. The number of rotatable bonds is 9. The molecule has 2 aromatic rings. The molecular formula is C18H27N5O3. The van der Waals surface area contributed by atoms with E-state index in [0.717, 1.165) is 48.3 Å². The third kappa shape index (κ3) is 4.93. The van der Waals surface area contributed by atoms with Gasteiger partial charge in [-0.15, -0.1) is 0 Å². The summed E-state index contributed by atoms with van der Waals surface area (Å²) < 4.78 is 6.40. The predicted octanol–water partition coefficient (Wildman–Crippen LogP) is 2.28. The van der Waals surface area contributed by atoms with Gasteiger partial charge >= 0.3 is 5.97 Å². The number of nitrogens with one attached hydrogen (secondary N) is 2. The summed E-state index contributed by atoms with van der Waals surface area (Å²) in [7, 11) is 3.28. The molecule has 2 rings (SSSR count). The number of hydrogen-bond acceptors (Lipinski definition) is 5. The van der Waals surface area contributed by atoms with Crippen LogP contribution >= 0.6 is 0 Å². The van der Waals surface area contributed by atoms with E-state index in [1.54, 1.807) is 10.7 Å². The topological polar surface area (TPSA) is 102 Å². The quantitative estimate of drug-likeness (QED) is 0.527. The van der Waals surface area contributed by atoms with Gasteiger partial charge in [-0.3, -0.25) is 19.4 Å². The van der Waals surface area contributed by atoms with E-state index in [4.69, 9.17) is 0 Å². The lowest BCUT2D eigenvalue weighted by Crippen LogP contribution is -2.24. The van der Waals surface area contributed by atoms with E-state index in [0.29, 0.717) is 18.7 Å². The van der Waals surface area contributed by atoms with E-state index >= 15 is 0 Å². The summed E-state index contributed by atoms with van der Waals surface area (Å²) >= 11 is 0. The summed E-state index contributed by atoms with van der Waals surface area (Å²) in [6.45, 7) is 4.50. The molecule has 0 saturated carbocycles. The van der Waals surface area contributed by atoms with Crippen molar-refractivity contribution in [1.82, 2.24) is 25.3 Å². The molecule has 2 aromatic heterocycles. The Morgan fingerprint density at radius 3 is 2.62 bits per heavy atom. The molecule has 26 heavy (non-hydrogen) atoms. The standard InChI is InChI=1S/C18H27N5O3/c1-12-17(13(2)23(3)22-12)14-11-15(21-20-14)18(25)19-10-8-6-5-7-9-16(24)26-4/h11H,5-10H2,1-4H3,(H,19,25)(H,20,21). The zero-order chi connectivity index (χ0) is 19.1. The molecule has 0 spiro atoms. The summed E-state index contributed by atoms with van der Waals surface area (Å²) in [6, 6.07) is 1.75. The van der Waals surface area contributed by atoms with Crippen LogP contribution in [0.15, 0.2) is 6.07 Å². The van der Waals surface area contributed by atoms with Crippen LogP contribution < -0.4 is 5.32 Å². The van der Waals surface area contributed by atoms with Crippen LogP contribution in [0.3, 0.4) is 0 Å². The average Bonchev–Trinajstić information content (AvgIpc) is 3.18. The highest BCUT2D eigenvalue weighted by atomic mass is 16.5. The Kier molecular flexibility index (Phi) is 6.94. The van der Waals surface area contributed by atoms with Crippen LogP contribution in [0, 0.1) is 13.8 Å². The number of amides is 1. The van der Waals surface area contributed by atoms with E-state index in [1.165, 1.54) is 7.11 Å². The molecule has 0 atom stereocenters. The maximum atomic E-state index is 12.2. The molecule has 2 heterocycles. The zero-order valence-corrected chi connectivity index (χ0v) is 15.9. The van der Waals surface area contributed by atoms with E-state index < -0.39 is 0 Å². The maximum absolute atomic E-state index is 12.2. The molecule has 0 aliphatic heterocycles. The van der Waals surface area contributed by atoms with Crippen molar-refractivity contribution in [2.24, 2.45) is 7.05 Å². The number of methoxy groups -OCH3 is 1. The Hall–Kier alpha value is -2.64. The molecule has 0 aliphatic rings. The number of aryl methyl sites for hydroxylation is 2. The highest BCUT2D eigenvalue weighted by molar-refractivity contribution is 5.93. The summed E-state index contributed by atoms with van der Waals surface area (Å²) in [4.78, 5) is 23.2. The number of esters is 1. The van der Waals surface area contributed by atoms with Gasteiger partial charge in [0.15, 0.2) is 0 Å². The zero-order valence-electron chi connectivity index (χ0n) is 15.9. The van der Waals surface area contributed by atoms with Crippen molar-refractivity contribution in [1.29, 1.82) is 0 Å². The number of ether oxygens (including phenoxy) is 1. The van der Waals surface area contributed by atoms with Gasteiger partial charge < -0.3 is 10.1 Å². The summed E-state index contributed by atoms with van der Waals surface area (Å²) in [5, 5.41) is 14.3. The van der Waals surface area contributed by atoms with Crippen LogP contribution in [-0.4, -0.2) is 45.5 Å². The molecule has 2 N–H and O–H groups in total. The predicted molar refractivity (Wildman–Crippen MR) is 97.7 cm³/mol. The van der Waals surface area contributed by atoms with Gasteiger partial charge in [0.1, 0.15) is 5.69 Å². The summed E-state index contributed by atoms with van der Waals surface area (Å²) in [5.41, 5.74) is 4.01. The molecule has 1 amide bonds. The number of unbranched alkanes of at least 4 members (excludes halogenated alkanes) is 3. The molecular weight excluding hydrogens is 334 g/mol. The fourth-order valence-electron chi connectivity index (χ4n) is 2.86. The normalized spacial score (nSPS) is 10.8. The largest absolute Gasteiger partial charge is 0.469 e. The van der Waals surface area contributed by atoms with Crippen LogP contribution in [0.2, 0.25) is 0 Å². The van der Waals surface area contributed by atoms with Crippen molar-refractivity contribution in [2.45, 2.75) is 46.0 Å². The molecule has 0 bridgehead atoms. The van der Waals surface area contributed by atoms with E-state index in [1.807, 2.05) is 20.9 Å². The summed E-state index contributed by atoms with van der Waals surface area (Å²) in [5.74, 6) is -0.343. The Labute approximate surface area is 153 Å². The molecule has 8 heteroatoms. The number of hydrogen-bond donors (Lipinski definition) is 2. The van der Waals surface area contributed by atoms with Gasteiger partial charge in [0, 0.05) is 31.3 Å². The molecule has 0 fully saturated rings. The molecule has 8 nitrogen and oxygen atoms in total. The Morgan fingerprint density at radius 2 is 1.96 bits per heavy atom. The molecule has 0 unspecified atom stereocenters. The fourth-order valence-corrected chi connectivity index (χ4v) is 2.86. The minimum absolute atomic E-state index is 0.169. The molecule has 0 aliphatic carbocycles. The second-order valence-corrected chi connectivity index (χ2v) is 6.33. The lowest BCUT2D eigenvalue weighted by molar-refractivity contribution is -0.140. The van der Waals surface area contributed by atoms with Gasteiger partial charge in [0.2, 0.25) is 0 Å². The van der Waals surface area contributed by atoms with Gasteiger partial charge in [0.25, 0.3) is 5.91 Å². The number of aromatic amines is 1. The highest BCUT2D eigenvalue weighted by Crippen LogP contribution is 2.25. The molecule has 0 saturated heterocycles. The van der Waals surface area contributed by atoms with Crippen molar-refractivity contribution < 1.29 is 14.3 Å². The monoisotopic (exact) mass is 361 g/mol. The van der Waals surface area contributed by atoms with E-state index in [-0.39, 0.29) is 11.9 Å². The first-order valence-electron chi connectivity index (χ1n) is 8.85. The van der Waals surface area contributed by atoms with Crippen LogP contribution in [0.4, 0.5) is 0 Å². The van der Waals surface area contributed by atoms with Gasteiger partial charge in [-0.2, -0.15) is 10.2 Å². The average molecular weight is 361 g/mol. The van der Waals surface area contributed by atoms with Crippen molar-refractivity contribution in [3.8, 4) is 11.3 Å². The minimum Gasteiger partial charge on any atom is -0.469 e. The SMILES string of the molecule is COC(=O)CCCCCCNC(=O)c1cc(-c2c(C)nn(C)c2C)n[nH]1. The van der Waals surface area contributed by atoms with Crippen LogP contribution in [-0.2, 0) is 16.6 Å². The lowest BCUT2D eigenvalue weighted by Gasteiger charge is -2.03. The Bertz CT molecular complexity index is 763. The fraction of sp³-hybridized carbons (Fsp3) is 0.556. The molecule has 142 valence electrons. The second-order valence-electron chi connectivity index (χ2n) is 6.33. The van der Waals surface area contributed by atoms with Crippen molar-refractivity contribution in [3.63, 3.8) is 0 Å². The number of nitrogens with zero attached hydrogens (tertiary/aromatic N) is 3. The van der Waals surface area contributed by atoms with Crippen LogP contribution in [0.5, 0.6) is 0 Å².